The molecule has 8 nitrogen and oxygen atoms in total. The van der Waals surface area contributed by atoms with E-state index in [1.807, 2.05) is 24.3 Å². The van der Waals surface area contributed by atoms with E-state index in [0.29, 0.717) is 6.54 Å². The zero-order valence-corrected chi connectivity index (χ0v) is 20.4. The number of nitrogens with zero attached hydrogens (tertiary/aromatic N) is 3. The lowest BCUT2D eigenvalue weighted by Crippen LogP contribution is -2.53. The first kappa shape index (κ1) is 22.8. The summed E-state index contributed by atoms with van der Waals surface area (Å²) in [5, 5.41) is 4.64. The van der Waals surface area contributed by atoms with Crippen molar-refractivity contribution < 1.29 is 13.2 Å². The first-order chi connectivity index (χ1) is 15.0. The number of carbonyl (C=O) groups is 1. The Morgan fingerprint density at radius 2 is 1.91 bits per heavy atom. The summed E-state index contributed by atoms with van der Waals surface area (Å²) < 4.78 is 25.0. The van der Waals surface area contributed by atoms with Crippen LogP contribution in [-0.4, -0.2) is 68.9 Å². The molecule has 0 saturated carbocycles. The predicted molar refractivity (Wildman–Crippen MR) is 130 cm³/mol. The molecule has 1 fully saturated rings. The van der Waals surface area contributed by atoms with Gasteiger partial charge in [-0.1, -0.05) is 12.1 Å². The molecule has 3 heterocycles. The highest BCUT2D eigenvalue weighted by Crippen LogP contribution is 2.39. The van der Waals surface area contributed by atoms with Gasteiger partial charge < -0.3 is 10.2 Å². The smallest absolute Gasteiger partial charge is 0.240 e. The van der Waals surface area contributed by atoms with Gasteiger partial charge in [0.15, 0.2) is 0 Å². The maximum Gasteiger partial charge on any atom is 0.240 e. The number of para-hydroxylation sites is 2. The Bertz CT molecular complexity index is 1160. The van der Waals surface area contributed by atoms with Crippen molar-refractivity contribution in [2.24, 2.45) is 10.4 Å². The van der Waals surface area contributed by atoms with Crippen LogP contribution in [0.15, 0.2) is 35.3 Å². The van der Waals surface area contributed by atoms with E-state index in [9.17, 15) is 13.2 Å². The van der Waals surface area contributed by atoms with Crippen LogP contribution < -0.4 is 10.0 Å². The first-order valence-corrected chi connectivity index (χ1v) is 13.3. The Labute approximate surface area is 193 Å². The monoisotopic (exact) mass is 475 g/mol. The second-order valence-electron chi connectivity index (χ2n) is 9.03. The number of nitrogens with one attached hydrogen (secondary N) is 2. The molecule has 4 rings (SSSR count). The van der Waals surface area contributed by atoms with Crippen LogP contribution in [0, 0.1) is 12.3 Å². The van der Waals surface area contributed by atoms with Crippen LogP contribution in [0.25, 0.3) is 0 Å². The van der Waals surface area contributed by atoms with Gasteiger partial charge >= 0.3 is 0 Å². The van der Waals surface area contributed by atoms with E-state index in [2.05, 4.69) is 32.8 Å². The lowest BCUT2D eigenvalue weighted by Gasteiger charge is -2.39. The number of carbonyl (C=O) groups excluding carboxylic acids is 1. The minimum atomic E-state index is -3.57. The highest BCUT2D eigenvalue weighted by Gasteiger charge is 2.34. The van der Waals surface area contributed by atoms with Crippen molar-refractivity contribution in [3.05, 3.63) is 40.8 Å². The molecule has 2 aliphatic rings. The van der Waals surface area contributed by atoms with E-state index in [1.165, 1.54) is 4.88 Å². The van der Waals surface area contributed by atoms with Crippen molar-refractivity contribution in [2.45, 2.75) is 20.8 Å². The number of rotatable bonds is 4. The van der Waals surface area contributed by atoms with Crippen molar-refractivity contribution in [1.82, 2.24) is 14.5 Å². The van der Waals surface area contributed by atoms with Gasteiger partial charge in [0.25, 0.3) is 0 Å². The second-order valence-corrected chi connectivity index (χ2v) is 12.0. The van der Waals surface area contributed by atoms with Gasteiger partial charge in [0.1, 0.15) is 10.8 Å². The third-order valence-electron chi connectivity index (χ3n) is 5.66. The molecule has 0 aliphatic carbocycles. The van der Waals surface area contributed by atoms with Crippen LogP contribution in [0.2, 0.25) is 0 Å². The molecule has 0 radical (unpaired) electrons. The SMILES string of the molecule is Cc1cc2c(s1)Nc1ccccc1N=C2N1CCN(CC(C)(C)C(=O)NS(C)(=O)=O)CC1. The van der Waals surface area contributed by atoms with Crippen molar-refractivity contribution >= 4 is 49.5 Å². The average Bonchev–Trinajstić information content (AvgIpc) is 2.99. The second kappa shape index (κ2) is 8.49. The average molecular weight is 476 g/mol. The van der Waals surface area contributed by atoms with Crippen LogP contribution in [0.4, 0.5) is 16.4 Å². The number of sulfonamides is 1. The molecule has 172 valence electrons. The standard InChI is InChI=1S/C22H29N5O3S2/c1-15-13-16-19(23-17-7-5-6-8-18(17)24-20(16)31-15)27-11-9-26(10-12-27)14-22(2,3)21(28)25-32(4,29)30/h5-8,13,24H,9-12,14H2,1-4H3,(H,25,28). The number of fused-ring (bicyclic) bond motifs is 2. The van der Waals surface area contributed by atoms with Crippen LogP contribution >= 0.6 is 11.3 Å². The number of anilines is 2. The summed E-state index contributed by atoms with van der Waals surface area (Å²) in [6.07, 6.45) is 1.00. The third kappa shape index (κ3) is 4.97. The molecule has 2 aliphatic heterocycles. The lowest BCUT2D eigenvalue weighted by molar-refractivity contribution is -0.128. The normalized spacial score (nSPS) is 17.0. The van der Waals surface area contributed by atoms with Gasteiger partial charge in [-0.05, 0) is 39.0 Å². The quantitative estimate of drug-likeness (QED) is 0.706. The lowest BCUT2D eigenvalue weighted by atomic mass is 9.91. The Morgan fingerprint density at radius 3 is 2.59 bits per heavy atom. The summed E-state index contributed by atoms with van der Waals surface area (Å²) in [7, 11) is -3.57. The van der Waals surface area contributed by atoms with E-state index in [1.54, 1.807) is 25.2 Å². The summed E-state index contributed by atoms with van der Waals surface area (Å²) in [5.41, 5.74) is 2.23. The summed E-state index contributed by atoms with van der Waals surface area (Å²) in [6, 6.07) is 10.2. The third-order valence-corrected chi connectivity index (χ3v) is 7.18. The van der Waals surface area contributed by atoms with Gasteiger partial charge in [-0.2, -0.15) is 0 Å². The Balaban J connectivity index is 1.49. The zero-order chi connectivity index (χ0) is 23.1. The molecule has 1 amide bonds. The summed E-state index contributed by atoms with van der Waals surface area (Å²) in [5.74, 6) is 0.493. The van der Waals surface area contributed by atoms with Crippen molar-refractivity contribution in [3.63, 3.8) is 0 Å². The molecule has 10 heteroatoms. The van der Waals surface area contributed by atoms with E-state index in [-0.39, 0.29) is 0 Å². The molecule has 0 bridgehead atoms. The molecule has 1 aromatic carbocycles. The Morgan fingerprint density at radius 1 is 1.22 bits per heavy atom. The first-order valence-electron chi connectivity index (χ1n) is 10.6. The van der Waals surface area contributed by atoms with Crippen LogP contribution in [0.3, 0.4) is 0 Å². The summed E-state index contributed by atoms with van der Waals surface area (Å²) >= 11 is 1.73. The summed E-state index contributed by atoms with van der Waals surface area (Å²) in [4.78, 5) is 23.2. The molecule has 0 spiro atoms. The van der Waals surface area contributed by atoms with Crippen LogP contribution in [0.5, 0.6) is 0 Å². The number of hydrogen-bond acceptors (Lipinski definition) is 8. The number of piperazine rings is 1. The number of aliphatic imine (C=N–C) groups is 1. The molecule has 0 atom stereocenters. The molecular weight excluding hydrogens is 446 g/mol. The molecule has 1 aromatic heterocycles. The minimum Gasteiger partial charge on any atom is -0.353 e. The van der Waals surface area contributed by atoms with Gasteiger partial charge in [-0.15, -0.1) is 11.3 Å². The minimum absolute atomic E-state index is 0.475. The number of aryl methyl sites for hydroxylation is 1. The van der Waals surface area contributed by atoms with Gasteiger partial charge in [-0.25, -0.2) is 13.4 Å². The number of amides is 1. The fourth-order valence-electron chi connectivity index (χ4n) is 4.04. The Kier molecular flexibility index (Phi) is 6.04. The van der Waals surface area contributed by atoms with Gasteiger partial charge in [0.2, 0.25) is 15.9 Å². The summed E-state index contributed by atoms with van der Waals surface area (Å²) in [6.45, 7) is 9.23. The maximum atomic E-state index is 12.4. The molecule has 2 aromatic rings. The zero-order valence-electron chi connectivity index (χ0n) is 18.8. The maximum absolute atomic E-state index is 12.4. The van der Waals surface area contributed by atoms with Crippen molar-refractivity contribution in [1.29, 1.82) is 0 Å². The molecule has 0 unspecified atom stereocenters. The number of amidine groups is 1. The molecular formula is C22H29N5O3S2. The highest BCUT2D eigenvalue weighted by molar-refractivity contribution is 7.89. The van der Waals surface area contributed by atoms with E-state index >= 15 is 0 Å². The highest BCUT2D eigenvalue weighted by atomic mass is 32.2. The molecule has 2 N–H and O–H groups in total. The van der Waals surface area contributed by atoms with Gasteiger partial charge in [0, 0.05) is 37.6 Å². The van der Waals surface area contributed by atoms with Gasteiger partial charge in [0.05, 0.1) is 28.6 Å². The van der Waals surface area contributed by atoms with Crippen molar-refractivity contribution in [3.8, 4) is 0 Å². The van der Waals surface area contributed by atoms with E-state index in [0.717, 1.165) is 60.2 Å². The van der Waals surface area contributed by atoms with Crippen LogP contribution in [-0.2, 0) is 14.8 Å². The topological polar surface area (TPSA) is 94.1 Å². The van der Waals surface area contributed by atoms with E-state index < -0.39 is 21.3 Å². The largest absolute Gasteiger partial charge is 0.353 e. The number of hydrogen-bond donors (Lipinski definition) is 2. The predicted octanol–water partition coefficient (Wildman–Crippen LogP) is 2.91. The van der Waals surface area contributed by atoms with Crippen LogP contribution in [0.1, 0.15) is 24.3 Å². The molecule has 32 heavy (non-hydrogen) atoms. The molecule has 1 saturated heterocycles. The fourth-order valence-corrected chi connectivity index (χ4v) is 5.58. The van der Waals surface area contributed by atoms with E-state index in [4.69, 9.17) is 4.99 Å². The Hall–Kier alpha value is -2.43. The van der Waals surface area contributed by atoms with Crippen molar-refractivity contribution in [2.75, 3.05) is 44.3 Å². The van der Waals surface area contributed by atoms with Gasteiger partial charge in [-0.3, -0.25) is 14.4 Å². The number of thiophene rings is 1. The fraction of sp³-hybridized carbons (Fsp3) is 0.455. The number of benzene rings is 1.